The molecule has 4 aliphatic rings. The highest BCUT2D eigenvalue weighted by Gasteiger charge is 2.45. The van der Waals surface area contributed by atoms with Crippen molar-refractivity contribution in [2.45, 2.75) is 43.7 Å². The number of hydrogen-bond acceptors (Lipinski definition) is 11. The van der Waals surface area contributed by atoms with Crippen LogP contribution in [0.4, 0.5) is 17.3 Å². The lowest BCUT2D eigenvalue weighted by atomic mass is 9.88. The molecule has 4 aliphatic heterocycles. The first-order valence-corrected chi connectivity index (χ1v) is 19.8. The summed E-state index contributed by atoms with van der Waals surface area (Å²) in [6.45, 7) is 3.58. The number of nitrogens with one attached hydrogen (secondary N) is 2. The van der Waals surface area contributed by atoms with Crippen molar-refractivity contribution in [2.75, 3.05) is 36.4 Å². The number of imide groups is 2. The lowest BCUT2D eigenvalue weighted by molar-refractivity contribution is -0.136. The van der Waals surface area contributed by atoms with E-state index >= 15 is 0 Å². The number of fused-ring (bicyclic) bond motifs is 4. The molecule has 0 saturated carbocycles. The summed E-state index contributed by atoms with van der Waals surface area (Å²) in [6, 6.07) is 18.0. The predicted molar refractivity (Wildman–Crippen MR) is 216 cm³/mol. The highest BCUT2D eigenvalue weighted by atomic mass is 35.5. The van der Waals surface area contributed by atoms with Gasteiger partial charge >= 0.3 is 0 Å². The van der Waals surface area contributed by atoms with Crippen LogP contribution >= 0.6 is 23.2 Å². The van der Waals surface area contributed by atoms with Gasteiger partial charge in [0.05, 0.1) is 26.9 Å². The van der Waals surface area contributed by atoms with Gasteiger partial charge in [-0.3, -0.25) is 43.5 Å². The number of anilines is 3. The zero-order chi connectivity index (χ0) is 39.8. The summed E-state index contributed by atoms with van der Waals surface area (Å²) in [6.07, 6.45) is 7.07. The topological polar surface area (TPSA) is 167 Å². The van der Waals surface area contributed by atoms with Crippen molar-refractivity contribution in [1.29, 1.82) is 0 Å². The third kappa shape index (κ3) is 5.99. The molecule has 3 aromatic carbocycles. The molecule has 3 saturated heterocycles. The van der Waals surface area contributed by atoms with E-state index in [1.54, 1.807) is 47.1 Å². The molecule has 0 aliphatic carbocycles. The van der Waals surface area contributed by atoms with Gasteiger partial charge in [-0.2, -0.15) is 4.98 Å². The number of halogens is 2. The van der Waals surface area contributed by atoms with Gasteiger partial charge in [0.2, 0.25) is 23.5 Å². The summed E-state index contributed by atoms with van der Waals surface area (Å²) in [4.78, 5) is 83.5. The number of nitrogens with zero attached hydrogens (tertiary/aromatic N) is 8. The number of benzene rings is 3. The largest absolute Gasteiger partial charge is 0.368 e. The molecule has 2 N–H and O–H groups in total. The summed E-state index contributed by atoms with van der Waals surface area (Å²) >= 11 is 12.9. The Morgan fingerprint density at radius 3 is 2.31 bits per heavy atom. The quantitative estimate of drug-likeness (QED) is 0.210. The molecule has 292 valence electrons. The van der Waals surface area contributed by atoms with Gasteiger partial charge in [0.25, 0.3) is 17.4 Å². The lowest BCUT2D eigenvalue weighted by Gasteiger charge is -2.48. The number of para-hydroxylation sites is 1. The third-order valence-electron chi connectivity index (χ3n) is 11.7. The van der Waals surface area contributed by atoms with Crippen molar-refractivity contribution in [1.82, 2.24) is 39.0 Å². The third-order valence-corrected chi connectivity index (χ3v) is 12.4. The second kappa shape index (κ2) is 14.0. The van der Waals surface area contributed by atoms with E-state index in [0.717, 1.165) is 55.3 Å². The van der Waals surface area contributed by atoms with Crippen molar-refractivity contribution >= 4 is 81.0 Å². The predicted octanol–water partition coefficient (Wildman–Crippen LogP) is 4.95. The van der Waals surface area contributed by atoms with Gasteiger partial charge in [0.1, 0.15) is 11.4 Å². The Kier molecular flexibility index (Phi) is 8.76. The summed E-state index contributed by atoms with van der Waals surface area (Å²) in [7, 11) is 0. The fourth-order valence-corrected chi connectivity index (χ4v) is 9.19. The van der Waals surface area contributed by atoms with Crippen LogP contribution in [0.3, 0.4) is 0 Å². The summed E-state index contributed by atoms with van der Waals surface area (Å²) in [5, 5.41) is 6.42. The molecule has 3 aromatic heterocycles. The Labute approximate surface area is 340 Å². The first kappa shape index (κ1) is 36.2. The minimum absolute atomic E-state index is 0.0855. The number of imidazole rings is 1. The van der Waals surface area contributed by atoms with Gasteiger partial charge in [0, 0.05) is 55.5 Å². The molecule has 7 heterocycles. The smallest absolute Gasteiger partial charge is 0.270 e. The lowest BCUT2D eigenvalue weighted by Crippen LogP contribution is -2.60. The van der Waals surface area contributed by atoms with E-state index in [1.165, 1.54) is 16.3 Å². The molecule has 17 heteroatoms. The molecule has 4 amide bonds. The van der Waals surface area contributed by atoms with Gasteiger partial charge in [-0.25, -0.2) is 14.5 Å². The van der Waals surface area contributed by atoms with E-state index in [0.29, 0.717) is 50.6 Å². The molecule has 10 rings (SSSR count). The van der Waals surface area contributed by atoms with Crippen LogP contribution in [-0.4, -0.2) is 95.6 Å². The maximum atomic E-state index is 13.7. The number of carbonyl (C=O) groups excluding carboxylic acids is 4. The van der Waals surface area contributed by atoms with Crippen LogP contribution in [0.2, 0.25) is 10.0 Å². The minimum atomic E-state index is -0.980. The number of rotatable bonds is 7. The maximum Gasteiger partial charge on any atom is 0.270 e. The van der Waals surface area contributed by atoms with E-state index in [9.17, 15) is 24.0 Å². The number of piperidine rings is 2. The van der Waals surface area contributed by atoms with Crippen LogP contribution in [0.15, 0.2) is 84.0 Å². The summed E-state index contributed by atoms with van der Waals surface area (Å²) in [5.41, 5.74) is 3.88. The van der Waals surface area contributed by atoms with E-state index in [-0.39, 0.29) is 23.8 Å². The van der Waals surface area contributed by atoms with E-state index in [4.69, 9.17) is 28.2 Å². The van der Waals surface area contributed by atoms with E-state index in [1.807, 2.05) is 18.2 Å². The first-order valence-electron chi connectivity index (χ1n) is 19.0. The van der Waals surface area contributed by atoms with Crippen LogP contribution in [0, 0.1) is 0 Å². The molecule has 1 atom stereocenters. The highest BCUT2D eigenvalue weighted by Crippen LogP contribution is 2.36. The SMILES string of the molecule is O=C1CCC(N2C(=O)c3ccc(N4CC(N5CCC(c6ccc(Nc7ncc8c(=O)n(-c9c(Cl)cccc9Cl)c9nccn9c8n7)cc6)CC5)C4)cc3C2=O)C(=O)N1. The fraction of sp³-hybridized carbons (Fsp3) is 0.268. The fourth-order valence-electron chi connectivity index (χ4n) is 8.63. The molecule has 0 bridgehead atoms. The van der Waals surface area contributed by atoms with Crippen molar-refractivity contribution < 1.29 is 19.2 Å². The highest BCUT2D eigenvalue weighted by molar-refractivity contribution is 6.37. The molecular formula is C41H34Cl2N10O5. The standard InChI is InChI=1S/C41H34Cl2N10O5/c42-30-2-1-3-31(43)34(30)53-39(58)29-19-45-40(48-35(29)51-17-14-44-41(51)53)46-24-6-4-22(5-7-24)23-12-15-49(16-13-23)26-20-50(21-26)25-8-9-27-28(18-25)38(57)52(37(27)56)32-10-11-33(54)47-36(32)55/h1-9,14,17-19,23,26,32H,10-13,15-16,20-21H2,(H,45,46,48)(H,47,54,55). The van der Waals surface area contributed by atoms with E-state index in [2.05, 4.69) is 42.5 Å². The zero-order valence-electron chi connectivity index (χ0n) is 30.8. The summed E-state index contributed by atoms with van der Waals surface area (Å²) < 4.78 is 3.08. The van der Waals surface area contributed by atoms with Gasteiger partial charge in [0.15, 0.2) is 5.65 Å². The van der Waals surface area contributed by atoms with Gasteiger partial charge in [-0.05, 0) is 86.3 Å². The molecule has 6 aromatic rings. The normalized spacial score (nSPS) is 19.2. The minimum Gasteiger partial charge on any atom is -0.368 e. The average molecular weight is 818 g/mol. The molecule has 58 heavy (non-hydrogen) atoms. The van der Waals surface area contributed by atoms with E-state index < -0.39 is 35.2 Å². The van der Waals surface area contributed by atoms with Crippen molar-refractivity contribution in [3.05, 3.63) is 116 Å². The van der Waals surface area contributed by atoms with Crippen molar-refractivity contribution in [3.8, 4) is 5.69 Å². The Balaban J connectivity index is 0.761. The molecule has 0 radical (unpaired) electrons. The van der Waals surface area contributed by atoms with Crippen molar-refractivity contribution in [3.63, 3.8) is 0 Å². The number of aromatic nitrogens is 5. The van der Waals surface area contributed by atoms with Gasteiger partial charge in [-0.1, -0.05) is 41.4 Å². The Morgan fingerprint density at radius 2 is 1.57 bits per heavy atom. The monoisotopic (exact) mass is 816 g/mol. The van der Waals surface area contributed by atoms with Gasteiger partial charge < -0.3 is 10.2 Å². The van der Waals surface area contributed by atoms with Crippen molar-refractivity contribution in [2.24, 2.45) is 0 Å². The maximum absolute atomic E-state index is 13.7. The van der Waals surface area contributed by atoms with Gasteiger partial charge in [-0.15, -0.1) is 0 Å². The Morgan fingerprint density at radius 1 is 0.828 bits per heavy atom. The first-order chi connectivity index (χ1) is 28.1. The zero-order valence-corrected chi connectivity index (χ0v) is 32.3. The second-order valence-electron chi connectivity index (χ2n) is 15.0. The average Bonchev–Trinajstić information content (AvgIpc) is 3.78. The number of carbonyl (C=O) groups is 4. The Bertz CT molecular complexity index is 2750. The van der Waals surface area contributed by atoms with Crippen LogP contribution in [0.1, 0.15) is 57.9 Å². The molecule has 0 spiro atoms. The molecule has 15 nitrogen and oxygen atoms in total. The molecular weight excluding hydrogens is 783 g/mol. The molecule has 1 unspecified atom stereocenters. The van der Waals surface area contributed by atoms with Crippen LogP contribution < -0.4 is 21.1 Å². The second-order valence-corrected chi connectivity index (χ2v) is 15.8. The number of hydrogen-bond donors (Lipinski definition) is 2. The molecule has 3 fully saturated rings. The Hall–Kier alpha value is -6.16. The van der Waals surface area contributed by atoms with Crippen LogP contribution in [0.5, 0.6) is 0 Å². The summed E-state index contributed by atoms with van der Waals surface area (Å²) in [5.74, 6) is -0.926. The van der Waals surface area contributed by atoms with Crippen LogP contribution in [-0.2, 0) is 9.59 Å². The van der Waals surface area contributed by atoms with Crippen LogP contribution in [0.25, 0.3) is 22.5 Å². The number of amides is 4. The number of likely N-dealkylation sites (tertiary alicyclic amines) is 1.